The summed E-state index contributed by atoms with van der Waals surface area (Å²) in [5, 5.41) is 0.231. The number of esters is 1. The van der Waals surface area contributed by atoms with Crippen molar-refractivity contribution >= 4 is 46.1 Å². The van der Waals surface area contributed by atoms with Gasteiger partial charge in [0, 0.05) is 6.08 Å². The lowest BCUT2D eigenvalue weighted by atomic mass is 10.2. The first-order valence-electron chi connectivity index (χ1n) is 8.66. The number of amides is 1. The fourth-order valence-electron chi connectivity index (χ4n) is 2.78. The molecule has 30 heavy (non-hydrogen) atoms. The van der Waals surface area contributed by atoms with Gasteiger partial charge in [-0.3, -0.25) is 9.69 Å². The van der Waals surface area contributed by atoms with Crippen molar-refractivity contribution in [2.75, 3.05) is 13.9 Å². The number of hydrogen-bond donors (Lipinski definition) is 0. The number of benzene rings is 2. The molecule has 0 saturated carbocycles. The van der Waals surface area contributed by atoms with Crippen LogP contribution in [0, 0.1) is 5.82 Å². The Kier molecular flexibility index (Phi) is 5.65. The number of hydrogen-bond acceptors (Lipinski definition) is 7. The van der Waals surface area contributed by atoms with Crippen LogP contribution in [0.2, 0.25) is 5.02 Å². The summed E-state index contributed by atoms with van der Waals surface area (Å²) in [6, 6.07) is 9.33. The van der Waals surface area contributed by atoms with Gasteiger partial charge in [-0.1, -0.05) is 17.7 Å². The number of methoxy groups -OCH3 is 1. The van der Waals surface area contributed by atoms with E-state index in [2.05, 4.69) is 9.73 Å². The normalized spacial score (nSPS) is 17.8. The lowest BCUT2D eigenvalue weighted by Gasteiger charge is -2.16. The number of amidine groups is 1. The highest BCUT2D eigenvalue weighted by molar-refractivity contribution is 8.18. The van der Waals surface area contributed by atoms with Crippen LogP contribution in [0.15, 0.2) is 52.4 Å². The van der Waals surface area contributed by atoms with Gasteiger partial charge in [0.15, 0.2) is 16.7 Å². The highest BCUT2D eigenvalue weighted by atomic mass is 35.5. The molecule has 2 heterocycles. The van der Waals surface area contributed by atoms with Crippen molar-refractivity contribution in [3.63, 3.8) is 0 Å². The Morgan fingerprint density at radius 3 is 2.87 bits per heavy atom. The van der Waals surface area contributed by atoms with Gasteiger partial charge in [0.2, 0.25) is 6.79 Å². The van der Waals surface area contributed by atoms with Crippen LogP contribution in [0.5, 0.6) is 11.5 Å². The van der Waals surface area contributed by atoms with E-state index >= 15 is 0 Å². The molecule has 1 fully saturated rings. The van der Waals surface area contributed by atoms with Crippen LogP contribution in [0.25, 0.3) is 0 Å². The lowest BCUT2D eigenvalue weighted by Crippen LogP contribution is -2.28. The molecule has 0 radical (unpaired) electrons. The second-order valence-corrected chi connectivity index (χ2v) is 7.62. The van der Waals surface area contributed by atoms with Crippen LogP contribution in [0.3, 0.4) is 0 Å². The first kappa shape index (κ1) is 20.2. The molecule has 0 aliphatic carbocycles. The molecule has 10 heteroatoms. The third kappa shape index (κ3) is 4.12. The second-order valence-electron chi connectivity index (χ2n) is 6.21. The average Bonchev–Trinajstić information content (AvgIpc) is 3.30. The summed E-state index contributed by atoms with van der Waals surface area (Å²) >= 11 is 6.85. The maximum Gasteiger partial charge on any atom is 0.331 e. The minimum atomic E-state index is -0.653. The predicted molar refractivity (Wildman–Crippen MR) is 109 cm³/mol. The number of fused-ring (bicyclic) bond motifs is 1. The number of carbonyl (C=O) groups is 2. The molecule has 0 unspecified atom stereocenters. The van der Waals surface area contributed by atoms with Crippen molar-refractivity contribution in [1.82, 2.24) is 4.90 Å². The van der Waals surface area contributed by atoms with Gasteiger partial charge in [-0.25, -0.2) is 14.2 Å². The molecule has 0 atom stereocenters. The largest absolute Gasteiger partial charge is 0.466 e. The quantitative estimate of drug-likeness (QED) is 0.519. The first-order chi connectivity index (χ1) is 14.4. The maximum absolute atomic E-state index is 13.5. The third-order valence-corrected chi connectivity index (χ3v) is 5.54. The molecule has 0 spiro atoms. The molecular weight excluding hydrogens is 435 g/mol. The van der Waals surface area contributed by atoms with Crippen molar-refractivity contribution in [2.45, 2.75) is 6.54 Å². The maximum atomic E-state index is 13.5. The zero-order chi connectivity index (χ0) is 21.3. The van der Waals surface area contributed by atoms with Crippen LogP contribution >= 0.6 is 23.4 Å². The Hall–Kier alpha value is -3.04. The van der Waals surface area contributed by atoms with Gasteiger partial charge < -0.3 is 14.2 Å². The zero-order valence-electron chi connectivity index (χ0n) is 15.6. The van der Waals surface area contributed by atoms with Crippen LogP contribution in [0.4, 0.5) is 10.1 Å². The summed E-state index contributed by atoms with van der Waals surface area (Å²) in [6.45, 7) is 0.316. The lowest BCUT2D eigenvalue weighted by molar-refractivity contribution is -0.135. The Balaban J connectivity index is 1.68. The monoisotopic (exact) mass is 448 g/mol. The SMILES string of the molecule is COC(=O)/C=C1\SC(=Nc2ccc(F)c(Cl)c2)N(Cc2ccc3c(c2)OCO3)C1=O. The third-order valence-electron chi connectivity index (χ3n) is 4.24. The molecule has 0 bridgehead atoms. The smallest absolute Gasteiger partial charge is 0.331 e. The zero-order valence-corrected chi connectivity index (χ0v) is 17.1. The number of nitrogens with zero attached hydrogens (tertiary/aromatic N) is 2. The molecule has 2 aromatic rings. The van der Waals surface area contributed by atoms with Gasteiger partial charge in [0.1, 0.15) is 5.82 Å². The second kappa shape index (κ2) is 8.37. The van der Waals surface area contributed by atoms with Gasteiger partial charge in [-0.15, -0.1) is 0 Å². The summed E-state index contributed by atoms with van der Waals surface area (Å²) < 4.78 is 28.8. The first-order valence-corrected chi connectivity index (χ1v) is 9.85. The molecule has 0 N–H and O–H groups in total. The van der Waals surface area contributed by atoms with E-state index in [1.54, 1.807) is 18.2 Å². The number of aliphatic imine (C=N–C) groups is 1. The summed E-state index contributed by atoms with van der Waals surface area (Å²) in [5.41, 5.74) is 1.14. The average molecular weight is 449 g/mol. The Bertz CT molecular complexity index is 1100. The Morgan fingerprint density at radius 2 is 2.10 bits per heavy atom. The fourth-order valence-corrected chi connectivity index (χ4v) is 3.92. The van der Waals surface area contributed by atoms with Crippen molar-refractivity contribution in [3.8, 4) is 11.5 Å². The van der Waals surface area contributed by atoms with E-state index in [0.29, 0.717) is 22.4 Å². The van der Waals surface area contributed by atoms with E-state index in [9.17, 15) is 14.0 Å². The number of rotatable bonds is 4. The van der Waals surface area contributed by atoms with E-state index in [0.717, 1.165) is 23.4 Å². The molecule has 154 valence electrons. The predicted octanol–water partition coefficient (Wildman–Crippen LogP) is 4.03. The van der Waals surface area contributed by atoms with E-state index in [1.807, 2.05) is 0 Å². The molecule has 0 aromatic heterocycles. The van der Waals surface area contributed by atoms with Crippen molar-refractivity contribution in [2.24, 2.45) is 4.99 Å². The molecule has 2 aliphatic heterocycles. The number of ether oxygens (including phenoxy) is 3. The summed E-state index contributed by atoms with van der Waals surface area (Å²) in [5.74, 6) is -0.419. The van der Waals surface area contributed by atoms with E-state index in [-0.39, 0.29) is 23.3 Å². The molecule has 1 amide bonds. The van der Waals surface area contributed by atoms with Crippen LogP contribution in [0.1, 0.15) is 5.56 Å². The van der Waals surface area contributed by atoms with Crippen LogP contribution in [-0.2, 0) is 20.9 Å². The summed E-state index contributed by atoms with van der Waals surface area (Å²) in [4.78, 5) is 30.6. The van der Waals surface area contributed by atoms with E-state index < -0.39 is 17.7 Å². The Morgan fingerprint density at radius 1 is 1.30 bits per heavy atom. The van der Waals surface area contributed by atoms with E-state index in [4.69, 9.17) is 21.1 Å². The highest BCUT2D eigenvalue weighted by Gasteiger charge is 2.34. The minimum absolute atomic E-state index is 0.0844. The standard InChI is InChI=1S/C20H14ClFN2O5S/c1-27-18(25)8-17-19(26)24(9-11-2-5-15-16(6-11)29-10-28-15)20(30-17)23-12-3-4-14(22)13(21)7-12/h2-8H,9-10H2,1H3/b17-8-,23-20?. The van der Waals surface area contributed by atoms with E-state index in [1.165, 1.54) is 30.2 Å². The Labute approximate surface area is 180 Å². The van der Waals surface area contributed by atoms with Gasteiger partial charge in [-0.2, -0.15) is 0 Å². The minimum Gasteiger partial charge on any atom is -0.466 e. The summed E-state index contributed by atoms with van der Waals surface area (Å²) in [6.07, 6.45) is 1.11. The van der Waals surface area contributed by atoms with Gasteiger partial charge in [-0.05, 0) is 47.7 Å². The molecule has 4 rings (SSSR count). The topological polar surface area (TPSA) is 77.4 Å². The fraction of sp³-hybridized carbons (Fsp3) is 0.150. The van der Waals surface area contributed by atoms with Gasteiger partial charge in [0.05, 0.1) is 29.3 Å². The van der Waals surface area contributed by atoms with Crippen molar-refractivity contribution in [1.29, 1.82) is 0 Å². The van der Waals surface area contributed by atoms with Crippen molar-refractivity contribution in [3.05, 3.63) is 63.8 Å². The molecular formula is C20H14ClFN2O5S. The van der Waals surface area contributed by atoms with Gasteiger partial charge >= 0.3 is 5.97 Å². The number of thioether (sulfide) groups is 1. The number of halogens is 2. The molecule has 1 saturated heterocycles. The highest BCUT2D eigenvalue weighted by Crippen LogP contribution is 2.37. The summed E-state index contributed by atoms with van der Waals surface area (Å²) in [7, 11) is 1.23. The van der Waals surface area contributed by atoms with Crippen LogP contribution in [-0.4, -0.2) is 35.8 Å². The molecule has 7 nitrogen and oxygen atoms in total. The van der Waals surface area contributed by atoms with Crippen molar-refractivity contribution < 1.29 is 28.2 Å². The number of carbonyl (C=O) groups excluding carboxylic acids is 2. The van der Waals surface area contributed by atoms with Crippen LogP contribution < -0.4 is 9.47 Å². The molecule has 2 aromatic carbocycles. The molecule has 2 aliphatic rings. The van der Waals surface area contributed by atoms with Gasteiger partial charge in [0.25, 0.3) is 5.91 Å².